The van der Waals surface area contributed by atoms with Gasteiger partial charge >= 0.3 is 30.1 Å². The topological polar surface area (TPSA) is 127 Å². The molecule has 3 fully saturated rings. The van der Waals surface area contributed by atoms with Crippen LogP contribution in [0.15, 0.2) is 11.6 Å². The molecule has 218 valence electrons. The fraction of sp³-hybridized carbons (Fsp3) is 0.769. The molecule has 1 spiro atoms. The Hall–Kier alpha value is -2.67. The zero-order valence-corrected chi connectivity index (χ0v) is 22.6. The summed E-state index contributed by atoms with van der Waals surface area (Å²) in [5.74, 6) is -4.37. The lowest BCUT2D eigenvalue weighted by molar-refractivity contribution is -0.242. The molecule has 0 N–H and O–H groups in total. The third-order valence-corrected chi connectivity index (χ3v) is 8.45. The molecule has 1 unspecified atom stereocenters. The van der Waals surface area contributed by atoms with E-state index in [1.54, 1.807) is 19.9 Å². The van der Waals surface area contributed by atoms with E-state index in [9.17, 15) is 32.3 Å². The fourth-order valence-corrected chi connectivity index (χ4v) is 6.55. The van der Waals surface area contributed by atoms with Crippen molar-refractivity contribution in [2.24, 2.45) is 16.7 Å². The number of fused-ring (bicyclic) bond motifs is 2. The quantitative estimate of drug-likeness (QED) is 0.198. The van der Waals surface area contributed by atoms with Crippen LogP contribution in [0.1, 0.15) is 54.4 Å². The second kappa shape index (κ2) is 9.76. The first kappa shape index (κ1) is 29.3. The maximum atomic E-state index is 13.3. The Balaban J connectivity index is 1.84. The third kappa shape index (κ3) is 4.71. The van der Waals surface area contributed by atoms with Crippen LogP contribution in [0.25, 0.3) is 0 Å². The zero-order valence-electron chi connectivity index (χ0n) is 22.6. The standard InChI is InChI=1S/C26H33F3O10/c1-12(2)7-18(32)37-16-9-24(10-34-14(4)30)17(8-13(16)3)38-21-19(39-22(33)26(27,28)29)20(36-15(5)31)23(24,6)25(21)11-35-25/h8,12,16-17,19-21H,7,9-11H2,1-6H3/t16-,17+,19+,20+,21+,23+,24+,25?/m0/s1. The predicted octanol–water partition coefficient (Wildman–Crippen LogP) is 2.81. The summed E-state index contributed by atoms with van der Waals surface area (Å²) in [6.07, 6.45) is -9.54. The third-order valence-electron chi connectivity index (χ3n) is 8.45. The van der Waals surface area contributed by atoms with E-state index in [4.69, 9.17) is 28.4 Å². The maximum Gasteiger partial charge on any atom is 0.490 e. The molecule has 2 saturated heterocycles. The van der Waals surface area contributed by atoms with E-state index in [0.29, 0.717) is 5.57 Å². The molecule has 2 aliphatic carbocycles. The van der Waals surface area contributed by atoms with Crippen LogP contribution in [-0.4, -0.2) is 79.4 Å². The van der Waals surface area contributed by atoms with Crippen molar-refractivity contribution in [1.29, 1.82) is 0 Å². The van der Waals surface area contributed by atoms with Gasteiger partial charge in [-0.25, -0.2) is 4.79 Å². The fourth-order valence-electron chi connectivity index (χ4n) is 6.55. The lowest BCUT2D eigenvalue weighted by atomic mass is 9.51. The maximum absolute atomic E-state index is 13.3. The summed E-state index contributed by atoms with van der Waals surface area (Å²) in [6, 6.07) is 0. The van der Waals surface area contributed by atoms with Crippen LogP contribution in [-0.2, 0) is 47.6 Å². The summed E-state index contributed by atoms with van der Waals surface area (Å²) in [6.45, 7) is 9.03. The first-order chi connectivity index (χ1) is 18.0. The minimum absolute atomic E-state index is 0.00103. The lowest BCUT2D eigenvalue weighted by Crippen LogP contribution is -2.68. The second-order valence-electron chi connectivity index (χ2n) is 11.4. The molecule has 2 bridgehead atoms. The van der Waals surface area contributed by atoms with Crippen LogP contribution in [0.2, 0.25) is 0 Å². The van der Waals surface area contributed by atoms with Gasteiger partial charge in [0.05, 0.1) is 23.5 Å². The van der Waals surface area contributed by atoms with Crippen molar-refractivity contribution in [1.82, 2.24) is 0 Å². The summed E-state index contributed by atoms with van der Waals surface area (Å²) in [5, 5.41) is 0. The average Bonchev–Trinajstić information content (AvgIpc) is 3.57. The van der Waals surface area contributed by atoms with Crippen LogP contribution in [0.3, 0.4) is 0 Å². The number of carbonyl (C=O) groups excluding carboxylic acids is 4. The molecule has 0 amide bonds. The van der Waals surface area contributed by atoms with Crippen molar-refractivity contribution < 1.29 is 60.8 Å². The van der Waals surface area contributed by atoms with Crippen molar-refractivity contribution >= 4 is 23.9 Å². The summed E-state index contributed by atoms with van der Waals surface area (Å²) < 4.78 is 73.8. The van der Waals surface area contributed by atoms with Crippen molar-refractivity contribution in [2.75, 3.05) is 13.2 Å². The van der Waals surface area contributed by atoms with Gasteiger partial charge in [-0.3, -0.25) is 14.4 Å². The minimum Gasteiger partial charge on any atom is -0.465 e. The highest BCUT2D eigenvalue weighted by Crippen LogP contribution is 2.72. The van der Waals surface area contributed by atoms with Crippen molar-refractivity contribution in [3.05, 3.63) is 11.6 Å². The van der Waals surface area contributed by atoms with Gasteiger partial charge in [0, 0.05) is 26.7 Å². The highest BCUT2D eigenvalue weighted by molar-refractivity contribution is 5.76. The van der Waals surface area contributed by atoms with Crippen molar-refractivity contribution in [3.63, 3.8) is 0 Å². The summed E-state index contributed by atoms with van der Waals surface area (Å²) in [7, 11) is 0. The highest BCUT2D eigenvalue weighted by Gasteiger charge is 2.87. The van der Waals surface area contributed by atoms with E-state index in [1.807, 2.05) is 13.8 Å². The average molecular weight is 563 g/mol. The van der Waals surface area contributed by atoms with Gasteiger partial charge < -0.3 is 28.4 Å². The van der Waals surface area contributed by atoms with Crippen LogP contribution >= 0.6 is 0 Å². The summed E-state index contributed by atoms with van der Waals surface area (Å²) >= 11 is 0. The van der Waals surface area contributed by atoms with Crippen LogP contribution in [0.5, 0.6) is 0 Å². The molecule has 4 aliphatic rings. The first-order valence-corrected chi connectivity index (χ1v) is 12.7. The monoisotopic (exact) mass is 562 g/mol. The molecule has 0 aromatic heterocycles. The molecule has 1 saturated carbocycles. The molecule has 0 aromatic rings. The van der Waals surface area contributed by atoms with Gasteiger partial charge in [-0.2, -0.15) is 13.2 Å². The number of carbonyl (C=O) groups is 4. The molecule has 2 heterocycles. The first-order valence-electron chi connectivity index (χ1n) is 12.7. The Labute approximate surface area is 223 Å². The Morgan fingerprint density at radius 3 is 2.26 bits per heavy atom. The number of halogens is 3. The molecule has 39 heavy (non-hydrogen) atoms. The normalized spacial score (nSPS) is 38.5. The van der Waals surface area contributed by atoms with Crippen LogP contribution in [0.4, 0.5) is 13.2 Å². The van der Waals surface area contributed by atoms with E-state index < -0.39 is 77.0 Å². The molecule has 0 aromatic carbocycles. The van der Waals surface area contributed by atoms with E-state index in [-0.39, 0.29) is 32.0 Å². The predicted molar refractivity (Wildman–Crippen MR) is 124 cm³/mol. The van der Waals surface area contributed by atoms with Gasteiger partial charge in [-0.05, 0) is 18.4 Å². The molecule has 10 nitrogen and oxygen atoms in total. The van der Waals surface area contributed by atoms with Gasteiger partial charge in [0.25, 0.3) is 0 Å². The molecular weight excluding hydrogens is 529 g/mol. The van der Waals surface area contributed by atoms with Gasteiger partial charge in [-0.15, -0.1) is 0 Å². The van der Waals surface area contributed by atoms with Gasteiger partial charge in [0.15, 0.2) is 12.2 Å². The zero-order chi connectivity index (χ0) is 29.1. The largest absolute Gasteiger partial charge is 0.490 e. The van der Waals surface area contributed by atoms with Gasteiger partial charge in [-0.1, -0.05) is 26.8 Å². The molecular formula is C26H33F3O10. The Bertz CT molecular complexity index is 1080. The summed E-state index contributed by atoms with van der Waals surface area (Å²) in [4.78, 5) is 48.9. The molecule has 13 heteroatoms. The van der Waals surface area contributed by atoms with E-state index >= 15 is 0 Å². The van der Waals surface area contributed by atoms with Crippen molar-refractivity contribution in [2.45, 2.75) is 96.7 Å². The van der Waals surface area contributed by atoms with Crippen LogP contribution < -0.4 is 0 Å². The van der Waals surface area contributed by atoms with E-state index in [1.165, 1.54) is 6.92 Å². The number of hydrogen-bond donors (Lipinski definition) is 0. The Morgan fingerprint density at radius 1 is 1.10 bits per heavy atom. The smallest absolute Gasteiger partial charge is 0.465 e. The lowest BCUT2D eigenvalue weighted by Gasteiger charge is -2.58. The number of esters is 4. The van der Waals surface area contributed by atoms with Gasteiger partial charge in [0.1, 0.15) is 24.4 Å². The molecule has 4 rings (SSSR count). The Morgan fingerprint density at radius 2 is 1.74 bits per heavy atom. The Kier molecular flexibility index (Phi) is 7.33. The SMILES string of the molecule is CC(=O)OC[C@]12C[C@H](OC(=O)CC(C)C)C(C)=C[C@H]1O[C@@H]1[C@H](OC(=O)C(F)(F)F)[C@@H](OC(C)=O)[C@@]2(C)C12CO2. The number of ether oxygens (including phenoxy) is 6. The molecule has 8 atom stereocenters. The number of alkyl halides is 3. The summed E-state index contributed by atoms with van der Waals surface area (Å²) in [5.41, 5.74) is -3.41. The highest BCUT2D eigenvalue weighted by atomic mass is 19.4. The van der Waals surface area contributed by atoms with E-state index in [0.717, 1.165) is 6.92 Å². The van der Waals surface area contributed by atoms with Gasteiger partial charge in [0.2, 0.25) is 0 Å². The van der Waals surface area contributed by atoms with E-state index in [2.05, 4.69) is 0 Å². The number of hydrogen-bond acceptors (Lipinski definition) is 10. The molecule has 2 aliphatic heterocycles. The minimum atomic E-state index is -5.32. The number of epoxide rings is 1. The van der Waals surface area contributed by atoms with Crippen molar-refractivity contribution in [3.8, 4) is 0 Å². The van der Waals surface area contributed by atoms with Crippen LogP contribution in [0, 0.1) is 16.7 Å². The second-order valence-corrected chi connectivity index (χ2v) is 11.4. The number of rotatable bonds is 7. The molecule has 0 radical (unpaired) electrons.